The Morgan fingerprint density at radius 3 is 2.72 bits per heavy atom. The van der Waals surface area contributed by atoms with E-state index in [1.54, 1.807) is 17.0 Å². The fourth-order valence-electron chi connectivity index (χ4n) is 2.12. The van der Waals surface area contributed by atoms with Crippen LogP contribution in [0.3, 0.4) is 0 Å². The standard InChI is InChI=1S/C13H17ClN2O2/c1-13(7-2-8-15)9-16(12(17)18-13)11-5-3-10(14)4-6-11/h3-6H,2,7-9,15H2,1H3. The van der Waals surface area contributed by atoms with Crippen molar-refractivity contribution in [3.63, 3.8) is 0 Å². The van der Waals surface area contributed by atoms with Crippen LogP contribution in [0.4, 0.5) is 10.5 Å². The van der Waals surface area contributed by atoms with Gasteiger partial charge in [-0.1, -0.05) is 11.6 Å². The number of anilines is 1. The Labute approximate surface area is 112 Å². The van der Waals surface area contributed by atoms with Crippen molar-refractivity contribution in [2.45, 2.75) is 25.4 Å². The lowest BCUT2D eigenvalue weighted by Crippen LogP contribution is -2.31. The quantitative estimate of drug-likeness (QED) is 0.914. The first kappa shape index (κ1) is 13.2. The minimum Gasteiger partial charge on any atom is -0.441 e. The minimum atomic E-state index is -0.448. The number of benzene rings is 1. The van der Waals surface area contributed by atoms with Crippen molar-refractivity contribution >= 4 is 23.4 Å². The molecule has 1 amide bonds. The summed E-state index contributed by atoms with van der Waals surface area (Å²) in [5, 5.41) is 0.650. The molecular weight excluding hydrogens is 252 g/mol. The van der Waals surface area contributed by atoms with E-state index in [0.29, 0.717) is 18.1 Å². The van der Waals surface area contributed by atoms with E-state index in [0.717, 1.165) is 18.5 Å². The van der Waals surface area contributed by atoms with Gasteiger partial charge in [-0.2, -0.15) is 0 Å². The van der Waals surface area contributed by atoms with Crippen LogP contribution in [0, 0.1) is 0 Å². The van der Waals surface area contributed by atoms with Gasteiger partial charge in [0.25, 0.3) is 0 Å². The SMILES string of the molecule is CC1(CCCN)CN(c2ccc(Cl)cc2)C(=O)O1. The molecule has 1 saturated heterocycles. The highest BCUT2D eigenvalue weighted by molar-refractivity contribution is 6.30. The number of carbonyl (C=O) groups is 1. The molecule has 1 atom stereocenters. The number of hydrogen-bond acceptors (Lipinski definition) is 3. The summed E-state index contributed by atoms with van der Waals surface area (Å²) in [7, 11) is 0. The molecule has 2 rings (SSSR count). The molecule has 0 radical (unpaired) electrons. The number of cyclic esters (lactones) is 1. The van der Waals surface area contributed by atoms with E-state index in [2.05, 4.69) is 0 Å². The van der Waals surface area contributed by atoms with Gasteiger partial charge in [0.2, 0.25) is 0 Å². The Bertz CT molecular complexity index is 435. The summed E-state index contributed by atoms with van der Waals surface area (Å²) < 4.78 is 5.45. The smallest absolute Gasteiger partial charge is 0.415 e. The minimum absolute atomic E-state index is 0.308. The normalized spacial score (nSPS) is 23.3. The Morgan fingerprint density at radius 2 is 2.11 bits per heavy atom. The van der Waals surface area contributed by atoms with E-state index in [-0.39, 0.29) is 6.09 Å². The third kappa shape index (κ3) is 2.76. The number of carbonyl (C=O) groups excluding carboxylic acids is 1. The second-order valence-electron chi connectivity index (χ2n) is 4.77. The van der Waals surface area contributed by atoms with Gasteiger partial charge in [-0.3, -0.25) is 4.90 Å². The highest BCUT2D eigenvalue weighted by atomic mass is 35.5. The summed E-state index contributed by atoms with van der Waals surface area (Å²) in [4.78, 5) is 13.5. The van der Waals surface area contributed by atoms with Gasteiger partial charge < -0.3 is 10.5 Å². The molecule has 98 valence electrons. The van der Waals surface area contributed by atoms with Gasteiger partial charge in [-0.05, 0) is 50.6 Å². The fourth-order valence-corrected chi connectivity index (χ4v) is 2.25. The zero-order chi connectivity index (χ0) is 13.2. The van der Waals surface area contributed by atoms with Crippen LogP contribution in [-0.4, -0.2) is 24.8 Å². The van der Waals surface area contributed by atoms with Gasteiger partial charge in [0.15, 0.2) is 0 Å². The van der Waals surface area contributed by atoms with Gasteiger partial charge in [-0.25, -0.2) is 4.79 Å². The van der Waals surface area contributed by atoms with Crippen molar-refractivity contribution in [1.82, 2.24) is 0 Å². The molecule has 1 aliphatic heterocycles. The maximum absolute atomic E-state index is 11.9. The Morgan fingerprint density at radius 1 is 1.44 bits per heavy atom. The molecule has 1 fully saturated rings. The maximum atomic E-state index is 11.9. The molecular formula is C13H17ClN2O2. The third-order valence-electron chi connectivity index (χ3n) is 3.09. The summed E-state index contributed by atoms with van der Waals surface area (Å²) in [6.45, 7) is 3.10. The summed E-state index contributed by atoms with van der Waals surface area (Å²) in [6.07, 6.45) is 1.31. The van der Waals surface area contributed by atoms with Gasteiger partial charge in [0.1, 0.15) is 5.60 Å². The second-order valence-corrected chi connectivity index (χ2v) is 5.21. The molecule has 0 saturated carbocycles. The second kappa shape index (κ2) is 5.16. The summed E-state index contributed by atoms with van der Waals surface area (Å²) in [5.41, 5.74) is 5.85. The third-order valence-corrected chi connectivity index (χ3v) is 3.35. The molecule has 1 heterocycles. The molecule has 1 aromatic carbocycles. The van der Waals surface area contributed by atoms with Crippen LogP contribution < -0.4 is 10.6 Å². The fraction of sp³-hybridized carbons (Fsp3) is 0.462. The highest BCUT2D eigenvalue weighted by Crippen LogP contribution is 2.31. The van der Waals surface area contributed by atoms with Crippen molar-refractivity contribution in [3.8, 4) is 0 Å². The average molecular weight is 269 g/mol. The highest BCUT2D eigenvalue weighted by Gasteiger charge is 2.41. The number of amides is 1. The Hall–Kier alpha value is -1.26. The van der Waals surface area contributed by atoms with Gasteiger partial charge >= 0.3 is 6.09 Å². The van der Waals surface area contributed by atoms with Crippen LogP contribution in [0.5, 0.6) is 0 Å². The maximum Gasteiger partial charge on any atom is 0.415 e. The average Bonchev–Trinajstić information content (AvgIpc) is 2.64. The van der Waals surface area contributed by atoms with Crippen LogP contribution >= 0.6 is 11.6 Å². The predicted octanol–water partition coefficient (Wildman–Crippen LogP) is 2.79. The summed E-state index contributed by atoms with van der Waals surface area (Å²) >= 11 is 5.83. The molecule has 18 heavy (non-hydrogen) atoms. The number of halogens is 1. The zero-order valence-electron chi connectivity index (χ0n) is 10.4. The van der Waals surface area contributed by atoms with Crippen molar-refractivity contribution in [1.29, 1.82) is 0 Å². The number of ether oxygens (including phenoxy) is 1. The number of nitrogens with two attached hydrogens (primary N) is 1. The lowest BCUT2D eigenvalue weighted by Gasteiger charge is -2.21. The van der Waals surface area contributed by atoms with Gasteiger partial charge in [0.05, 0.1) is 6.54 Å². The first-order valence-electron chi connectivity index (χ1n) is 6.00. The molecule has 5 heteroatoms. The molecule has 0 aromatic heterocycles. The first-order chi connectivity index (χ1) is 8.54. The van der Waals surface area contributed by atoms with Gasteiger partial charge in [-0.15, -0.1) is 0 Å². The molecule has 1 aliphatic rings. The molecule has 0 aliphatic carbocycles. The van der Waals surface area contributed by atoms with Crippen molar-refractivity contribution in [2.24, 2.45) is 5.73 Å². The monoisotopic (exact) mass is 268 g/mol. The molecule has 0 bridgehead atoms. The number of nitrogens with zero attached hydrogens (tertiary/aromatic N) is 1. The Kier molecular flexibility index (Phi) is 3.78. The lowest BCUT2D eigenvalue weighted by molar-refractivity contribution is 0.0640. The van der Waals surface area contributed by atoms with Crippen molar-refractivity contribution in [2.75, 3.05) is 18.0 Å². The molecule has 2 N–H and O–H groups in total. The van der Waals surface area contributed by atoms with Crippen LogP contribution in [0.2, 0.25) is 5.02 Å². The van der Waals surface area contributed by atoms with Crippen LogP contribution in [-0.2, 0) is 4.74 Å². The first-order valence-corrected chi connectivity index (χ1v) is 6.38. The van der Waals surface area contributed by atoms with Crippen LogP contribution in [0.1, 0.15) is 19.8 Å². The van der Waals surface area contributed by atoms with E-state index in [4.69, 9.17) is 22.1 Å². The van der Waals surface area contributed by atoms with Gasteiger partial charge in [0, 0.05) is 10.7 Å². The van der Waals surface area contributed by atoms with Crippen molar-refractivity contribution in [3.05, 3.63) is 29.3 Å². The molecule has 1 unspecified atom stereocenters. The van der Waals surface area contributed by atoms with E-state index in [9.17, 15) is 4.79 Å². The number of rotatable bonds is 4. The van der Waals surface area contributed by atoms with E-state index in [1.807, 2.05) is 19.1 Å². The van der Waals surface area contributed by atoms with Crippen molar-refractivity contribution < 1.29 is 9.53 Å². The predicted molar refractivity (Wildman–Crippen MR) is 72.0 cm³/mol. The summed E-state index contributed by atoms with van der Waals surface area (Å²) in [5.74, 6) is 0. The zero-order valence-corrected chi connectivity index (χ0v) is 11.1. The largest absolute Gasteiger partial charge is 0.441 e. The van der Waals surface area contributed by atoms with Crippen LogP contribution in [0.25, 0.3) is 0 Å². The molecule has 4 nitrogen and oxygen atoms in total. The number of hydrogen-bond donors (Lipinski definition) is 1. The lowest BCUT2D eigenvalue weighted by atomic mass is 10.00. The molecule has 1 aromatic rings. The molecule has 0 spiro atoms. The van der Waals surface area contributed by atoms with E-state index >= 15 is 0 Å². The van der Waals surface area contributed by atoms with E-state index in [1.165, 1.54) is 0 Å². The topological polar surface area (TPSA) is 55.6 Å². The van der Waals surface area contributed by atoms with E-state index < -0.39 is 5.60 Å². The van der Waals surface area contributed by atoms with Crippen LogP contribution in [0.15, 0.2) is 24.3 Å². The summed E-state index contributed by atoms with van der Waals surface area (Å²) in [6, 6.07) is 7.16. The Balaban J connectivity index is 2.11.